The summed E-state index contributed by atoms with van der Waals surface area (Å²) in [6, 6.07) is 13.1. The quantitative estimate of drug-likeness (QED) is 0.153. The number of carbonyl (C=O) groups is 2. The minimum Gasteiger partial charge on any atom is -0.480 e. The fourth-order valence-corrected chi connectivity index (χ4v) is 5.76. The van der Waals surface area contributed by atoms with Crippen LogP contribution in [0.15, 0.2) is 85.4 Å². The van der Waals surface area contributed by atoms with E-state index in [0.29, 0.717) is 17.8 Å². The number of hydrogen-bond acceptors (Lipinski definition) is 6. The van der Waals surface area contributed by atoms with Crippen LogP contribution in [0.2, 0.25) is 0 Å². The van der Waals surface area contributed by atoms with Crippen molar-refractivity contribution in [3.63, 3.8) is 0 Å². The van der Waals surface area contributed by atoms with Crippen molar-refractivity contribution in [2.24, 2.45) is 0 Å². The summed E-state index contributed by atoms with van der Waals surface area (Å²) < 4.78 is 26.2. The van der Waals surface area contributed by atoms with Crippen LogP contribution in [0.5, 0.6) is 0 Å². The molecule has 2 aromatic carbocycles. The van der Waals surface area contributed by atoms with Crippen molar-refractivity contribution in [2.45, 2.75) is 29.5 Å². The van der Waals surface area contributed by atoms with Crippen LogP contribution in [0.25, 0.3) is 11.1 Å². The molecule has 10 nitrogen and oxygen atoms in total. The van der Waals surface area contributed by atoms with Crippen LogP contribution in [0.4, 0.5) is 5.69 Å². The second-order valence-electron chi connectivity index (χ2n) is 9.32. The first kappa shape index (κ1) is 29.2. The summed E-state index contributed by atoms with van der Waals surface area (Å²) in [5.41, 5.74) is 3.97. The molecule has 1 aliphatic carbocycles. The van der Waals surface area contributed by atoms with E-state index >= 15 is 0 Å². The second-order valence-corrected chi connectivity index (χ2v) is 12.2. The third-order valence-electron chi connectivity index (χ3n) is 6.32. The Morgan fingerprint density at radius 1 is 1.12 bits per heavy atom. The van der Waals surface area contributed by atoms with E-state index in [1.807, 2.05) is 30.3 Å². The van der Waals surface area contributed by atoms with E-state index in [2.05, 4.69) is 25.3 Å². The predicted octanol–water partition coefficient (Wildman–Crippen LogP) is 3.21. The number of nitrogens with one attached hydrogen (secondary N) is 4. The van der Waals surface area contributed by atoms with Gasteiger partial charge in [0.1, 0.15) is 6.04 Å². The number of sulfonamides is 1. The lowest BCUT2D eigenvalue weighted by atomic mass is 10.0. The van der Waals surface area contributed by atoms with E-state index in [1.165, 1.54) is 12.2 Å². The van der Waals surface area contributed by atoms with Gasteiger partial charge in [0, 0.05) is 37.0 Å². The number of halogens is 1. The minimum atomic E-state index is -4.18. The number of alkyl halides is 1. The van der Waals surface area contributed by atoms with E-state index in [-0.39, 0.29) is 25.3 Å². The van der Waals surface area contributed by atoms with Crippen LogP contribution in [0.1, 0.15) is 17.7 Å². The van der Waals surface area contributed by atoms with Crippen molar-refractivity contribution < 1.29 is 23.1 Å². The molecule has 0 unspecified atom stereocenters. The average molecular weight is 584 g/mol. The third-order valence-corrected chi connectivity index (χ3v) is 9.00. The Hall–Kier alpha value is -3.77. The van der Waals surface area contributed by atoms with E-state index in [0.717, 1.165) is 23.2 Å². The van der Waals surface area contributed by atoms with E-state index in [4.69, 9.17) is 11.6 Å². The molecule has 0 spiro atoms. The molecule has 40 heavy (non-hydrogen) atoms. The summed E-state index contributed by atoms with van der Waals surface area (Å²) in [5, 5.41) is 15.7. The van der Waals surface area contributed by atoms with E-state index in [1.54, 1.807) is 42.9 Å². The lowest BCUT2D eigenvalue weighted by Gasteiger charge is -2.26. The van der Waals surface area contributed by atoms with Gasteiger partial charge in [0.2, 0.25) is 15.9 Å². The molecule has 2 atom stereocenters. The summed E-state index contributed by atoms with van der Waals surface area (Å²) in [5.74, 6) is -1.47. The normalized spacial score (nSPS) is 17.4. The third kappa shape index (κ3) is 7.66. The fraction of sp³-hybridized carbons (Fsp3) is 0.250. The van der Waals surface area contributed by atoms with Crippen LogP contribution in [0.3, 0.4) is 0 Å². The predicted molar refractivity (Wildman–Crippen MR) is 154 cm³/mol. The van der Waals surface area contributed by atoms with Gasteiger partial charge in [0.15, 0.2) is 4.21 Å². The van der Waals surface area contributed by atoms with Gasteiger partial charge in [-0.15, -0.1) is 0 Å². The van der Waals surface area contributed by atoms with Gasteiger partial charge in [-0.05, 0) is 41.3 Å². The van der Waals surface area contributed by atoms with Crippen molar-refractivity contribution >= 4 is 39.2 Å². The Morgan fingerprint density at radius 2 is 1.93 bits per heavy atom. The maximum Gasteiger partial charge on any atom is 0.322 e. The first-order valence-corrected chi connectivity index (χ1v) is 14.5. The largest absolute Gasteiger partial charge is 0.480 e. The number of nitrogens with zero attached hydrogens (tertiary/aromatic N) is 1. The van der Waals surface area contributed by atoms with Gasteiger partial charge in [-0.2, -0.15) is 4.72 Å². The number of hydrogen-bond donors (Lipinski definition) is 5. The lowest BCUT2D eigenvalue weighted by molar-refractivity contribution is -0.138. The number of anilines is 1. The molecule has 0 radical (unpaired) electrons. The molecule has 1 aliphatic rings. The number of aliphatic carboxylic acids is 1. The molecule has 1 heterocycles. The highest BCUT2D eigenvalue weighted by Gasteiger charge is 2.41. The Morgan fingerprint density at radius 3 is 2.60 bits per heavy atom. The topological polar surface area (TPSA) is 153 Å². The number of carbonyl (C=O) groups excluding carboxylic acids is 1. The second kappa shape index (κ2) is 13.1. The van der Waals surface area contributed by atoms with Gasteiger partial charge >= 0.3 is 5.97 Å². The van der Waals surface area contributed by atoms with Crippen LogP contribution in [0, 0.1) is 0 Å². The van der Waals surface area contributed by atoms with Gasteiger partial charge in [-0.25, -0.2) is 13.4 Å². The fourth-order valence-electron chi connectivity index (χ4n) is 4.14. The Balaban J connectivity index is 1.34. The zero-order valence-corrected chi connectivity index (χ0v) is 23.1. The summed E-state index contributed by atoms with van der Waals surface area (Å²) in [6.07, 6.45) is 10.2. The number of carboxylic acid groups (broad SMARTS) is 1. The standard InChI is InChI=1S/C28H30ClN5O5S/c29-28(12-2-1-3-13-28)40(38,39)34-25(27(36)37)15-20-7-9-21(10-8-20)22-5-4-6-23(16-22)33-26(35)18-30-14-11-24-17-31-19-32-24/h1-10,12,16-17,19,25,30,34H,11,13-15,18H2,(H,31,32)(H,33,35)(H,36,37)/t25-,28+/m1/s1. The molecule has 210 valence electrons. The lowest BCUT2D eigenvalue weighted by Crippen LogP contribution is -2.49. The summed E-state index contributed by atoms with van der Waals surface area (Å²) in [7, 11) is -4.18. The number of rotatable bonds is 13. The van der Waals surface area contributed by atoms with Crippen molar-refractivity contribution in [3.8, 4) is 11.1 Å². The molecular weight excluding hydrogens is 554 g/mol. The van der Waals surface area contributed by atoms with Gasteiger partial charge in [-0.3, -0.25) is 9.59 Å². The summed E-state index contributed by atoms with van der Waals surface area (Å²) in [6.45, 7) is 0.798. The molecule has 0 saturated carbocycles. The van der Waals surface area contributed by atoms with Crippen molar-refractivity contribution in [1.82, 2.24) is 20.0 Å². The maximum atomic E-state index is 12.9. The summed E-state index contributed by atoms with van der Waals surface area (Å²) in [4.78, 5) is 31.2. The molecule has 0 bridgehead atoms. The molecule has 1 amide bonds. The van der Waals surface area contributed by atoms with Gasteiger partial charge < -0.3 is 20.7 Å². The monoisotopic (exact) mass is 583 g/mol. The number of allylic oxidation sites excluding steroid dienone is 3. The molecule has 1 aromatic heterocycles. The number of imidazole rings is 1. The first-order chi connectivity index (χ1) is 19.1. The van der Waals surface area contributed by atoms with Crippen LogP contribution < -0.4 is 15.4 Å². The number of benzene rings is 2. The number of carboxylic acids is 1. The number of H-pyrrole nitrogens is 1. The van der Waals surface area contributed by atoms with Gasteiger partial charge in [0.25, 0.3) is 0 Å². The van der Waals surface area contributed by atoms with Gasteiger partial charge in [0.05, 0.1) is 12.9 Å². The van der Waals surface area contributed by atoms with Crippen molar-refractivity contribution in [3.05, 3.63) is 96.6 Å². The molecule has 4 rings (SSSR count). The van der Waals surface area contributed by atoms with Crippen LogP contribution in [-0.4, -0.2) is 58.7 Å². The van der Waals surface area contributed by atoms with E-state index in [9.17, 15) is 23.1 Å². The highest BCUT2D eigenvalue weighted by Crippen LogP contribution is 2.31. The highest BCUT2D eigenvalue weighted by molar-refractivity contribution is 7.92. The molecule has 12 heteroatoms. The Labute approximate surface area is 237 Å². The van der Waals surface area contributed by atoms with Crippen molar-refractivity contribution in [1.29, 1.82) is 0 Å². The smallest absolute Gasteiger partial charge is 0.322 e. The number of amides is 1. The maximum absolute atomic E-state index is 12.9. The van der Waals surface area contributed by atoms with Crippen LogP contribution in [-0.2, 0) is 32.5 Å². The SMILES string of the molecule is O=C(CNCCc1cnc[nH]1)Nc1cccc(-c2ccc(C[C@@H](NS(=O)(=O)[C@@]3(Cl)C=CC=CC3)C(=O)O)cc2)c1. The first-order valence-electron chi connectivity index (χ1n) is 12.6. The van der Waals surface area contributed by atoms with Gasteiger partial charge in [-0.1, -0.05) is 66.2 Å². The zero-order chi connectivity index (χ0) is 28.6. The average Bonchev–Trinajstić information content (AvgIpc) is 3.45. The summed E-state index contributed by atoms with van der Waals surface area (Å²) >= 11 is 6.29. The van der Waals surface area contributed by atoms with E-state index < -0.39 is 26.2 Å². The Kier molecular flexibility index (Phi) is 9.54. The highest BCUT2D eigenvalue weighted by atomic mass is 35.5. The van der Waals surface area contributed by atoms with Crippen molar-refractivity contribution in [2.75, 3.05) is 18.4 Å². The molecule has 3 aromatic rings. The molecule has 5 N–H and O–H groups in total. The molecule has 0 fully saturated rings. The van der Waals surface area contributed by atoms with Crippen LogP contribution >= 0.6 is 11.6 Å². The zero-order valence-electron chi connectivity index (χ0n) is 21.5. The molecule has 0 saturated heterocycles. The number of aromatic amines is 1. The molecule has 0 aliphatic heterocycles. The number of aromatic nitrogens is 2. The minimum absolute atomic E-state index is 0.0312. The Bertz CT molecular complexity index is 1490. The molecular formula is C28H30ClN5O5S.